The number of benzene rings is 1. The van der Waals surface area contributed by atoms with E-state index < -0.39 is 6.61 Å². The van der Waals surface area contributed by atoms with Crippen LogP contribution < -0.4 is 9.64 Å². The molecule has 0 aliphatic carbocycles. The zero-order chi connectivity index (χ0) is 23.7. The van der Waals surface area contributed by atoms with E-state index >= 15 is 0 Å². The molecule has 1 fully saturated rings. The summed E-state index contributed by atoms with van der Waals surface area (Å²) in [5.41, 5.74) is 2.50. The first-order valence-corrected chi connectivity index (χ1v) is 11.4. The van der Waals surface area contributed by atoms with Crippen LogP contribution in [-0.2, 0) is 23.4 Å². The standard InChI is InChI=1S/C25H27F2N5O2/c1-18-13-22-31(17-19-5-9-28-10-6-19)23(33)15-25(32(22)29-18)7-11-30(12-8-25)16-20-3-2-4-21(14-20)34-24(26)27/h2-6,9-10,13-14,24H,7-8,11-12,15-17H2,1H3. The highest BCUT2D eigenvalue weighted by Crippen LogP contribution is 2.42. The molecule has 0 atom stereocenters. The van der Waals surface area contributed by atoms with Crippen molar-refractivity contribution in [2.24, 2.45) is 0 Å². The Morgan fingerprint density at radius 3 is 2.56 bits per heavy atom. The summed E-state index contributed by atoms with van der Waals surface area (Å²) in [5, 5.41) is 4.81. The third kappa shape index (κ3) is 4.52. The molecule has 0 saturated carbocycles. The molecule has 9 heteroatoms. The number of ether oxygens (including phenoxy) is 1. The monoisotopic (exact) mass is 467 g/mol. The van der Waals surface area contributed by atoms with Crippen molar-refractivity contribution in [2.45, 2.75) is 51.4 Å². The Morgan fingerprint density at radius 1 is 1.06 bits per heavy atom. The van der Waals surface area contributed by atoms with Crippen molar-refractivity contribution in [1.29, 1.82) is 0 Å². The van der Waals surface area contributed by atoms with Crippen molar-refractivity contribution in [3.63, 3.8) is 0 Å². The average molecular weight is 468 g/mol. The molecule has 1 spiro atoms. The molecule has 3 aromatic rings. The highest BCUT2D eigenvalue weighted by atomic mass is 19.3. The lowest BCUT2D eigenvalue weighted by molar-refractivity contribution is -0.123. The number of aromatic nitrogens is 3. The van der Waals surface area contributed by atoms with Gasteiger partial charge in [-0.25, -0.2) is 4.68 Å². The minimum atomic E-state index is -2.83. The van der Waals surface area contributed by atoms with Gasteiger partial charge in [-0.1, -0.05) is 12.1 Å². The number of carbonyl (C=O) groups excluding carboxylic acids is 1. The lowest BCUT2D eigenvalue weighted by atomic mass is 9.82. The second-order valence-corrected chi connectivity index (χ2v) is 9.09. The van der Waals surface area contributed by atoms with Crippen LogP contribution in [0.15, 0.2) is 54.9 Å². The minimum absolute atomic E-state index is 0.106. The molecule has 0 radical (unpaired) electrons. The molecule has 178 valence electrons. The van der Waals surface area contributed by atoms with Crippen LogP contribution in [0.25, 0.3) is 0 Å². The number of pyridine rings is 1. The van der Waals surface area contributed by atoms with Gasteiger partial charge in [0.2, 0.25) is 5.91 Å². The summed E-state index contributed by atoms with van der Waals surface area (Å²) in [6, 6.07) is 12.7. The number of halogens is 2. The number of likely N-dealkylation sites (tertiary alicyclic amines) is 1. The van der Waals surface area contributed by atoms with E-state index in [0.29, 0.717) is 19.5 Å². The molecule has 1 aromatic carbocycles. The molecule has 7 nitrogen and oxygen atoms in total. The van der Waals surface area contributed by atoms with Crippen molar-refractivity contribution in [3.8, 4) is 5.75 Å². The Morgan fingerprint density at radius 2 is 1.82 bits per heavy atom. The molecular weight excluding hydrogens is 440 g/mol. The summed E-state index contributed by atoms with van der Waals surface area (Å²) < 4.78 is 31.7. The SMILES string of the molecule is Cc1cc2n(n1)C1(CCN(Cc3cccc(OC(F)F)c3)CC1)CC(=O)N2Cc1ccncc1. The van der Waals surface area contributed by atoms with E-state index in [1.807, 2.05) is 36.1 Å². The van der Waals surface area contributed by atoms with E-state index in [0.717, 1.165) is 48.6 Å². The molecule has 34 heavy (non-hydrogen) atoms. The second-order valence-electron chi connectivity index (χ2n) is 9.09. The molecule has 0 N–H and O–H groups in total. The number of nitrogens with zero attached hydrogens (tertiary/aromatic N) is 5. The van der Waals surface area contributed by atoms with Crippen molar-refractivity contribution in [2.75, 3.05) is 18.0 Å². The van der Waals surface area contributed by atoms with E-state index in [9.17, 15) is 13.6 Å². The molecule has 1 amide bonds. The Kier molecular flexibility index (Phi) is 6.03. The number of anilines is 1. The summed E-state index contributed by atoms with van der Waals surface area (Å²) in [6.07, 6.45) is 5.47. The van der Waals surface area contributed by atoms with Crippen molar-refractivity contribution in [1.82, 2.24) is 19.7 Å². The van der Waals surface area contributed by atoms with Gasteiger partial charge >= 0.3 is 6.61 Å². The molecule has 2 aromatic heterocycles. The Bertz CT molecular complexity index is 1160. The highest BCUT2D eigenvalue weighted by molar-refractivity contribution is 5.94. The topological polar surface area (TPSA) is 63.5 Å². The minimum Gasteiger partial charge on any atom is -0.435 e. The predicted octanol–water partition coefficient (Wildman–Crippen LogP) is 4.12. The van der Waals surface area contributed by atoms with Crippen molar-refractivity contribution >= 4 is 11.7 Å². The fourth-order valence-corrected chi connectivity index (χ4v) is 5.04. The third-order valence-corrected chi connectivity index (χ3v) is 6.73. The van der Waals surface area contributed by atoms with Crippen LogP contribution in [0.1, 0.15) is 36.1 Å². The number of piperidine rings is 1. The van der Waals surface area contributed by atoms with Crippen LogP contribution in [0.5, 0.6) is 5.75 Å². The fourth-order valence-electron chi connectivity index (χ4n) is 5.04. The summed E-state index contributed by atoms with van der Waals surface area (Å²) >= 11 is 0. The predicted molar refractivity (Wildman–Crippen MR) is 123 cm³/mol. The molecule has 2 aliphatic heterocycles. The molecule has 1 saturated heterocycles. The van der Waals surface area contributed by atoms with E-state index in [1.165, 1.54) is 6.07 Å². The van der Waals surface area contributed by atoms with Gasteiger partial charge in [-0.15, -0.1) is 0 Å². The van der Waals surface area contributed by atoms with Crippen LogP contribution in [0, 0.1) is 6.92 Å². The number of hydrogen-bond donors (Lipinski definition) is 0. The van der Waals surface area contributed by atoms with Gasteiger partial charge in [0.25, 0.3) is 0 Å². The first-order valence-electron chi connectivity index (χ1n) is 11.4. The van der Waals surface area contributed by atoms with Gasteiger partial charge < -0.3 is 4.74 Å². The molecule has 0 bridgehead atoms. The van der Waals surface area contributed by atoms with Crippen molar-refractivity contribution in [3.05, 3.63) is 71.7 Å². The van der Waals surface area contributed by atoms with Crippen LogP contribution in [0.4, 0.5) is 14.6 Å². The number of aryl methyl sites for hydroxylation is 1. The Hall–Kier alpha value is -3.33. The van der Waals surface area contributed by atoms with Crippen LogP contribution in [0.3, 0.4) is 0 Å². The van der Waals surface area contributed by atoms with E-state index in [4.69, 9.17) is 5.10 Å². The van der Waals surface area contributed by atoms with Gasteiger partial charge in [-0.05, 0) is 55.2 Å². The van der Waals surface area contributed by atoms with E-state index in [-0.39, 0.29) is 17.2 Å². The number of hydrogen-bond acceptors (Lipinski definition) is 5. The molecule has 0 unspecified atom stereocenters. The fraction of sp³-hybridized carbons (Fsp3) is 0.400. The van der Waals surface area contributed by atoms with Crippen LogP contribution in [0.2, 0.25) is 0 Å². The average Bonchev–Trinajstić information content (AvgIpc) is 3.21. The van der Waals surface area contributed by atoms with Gasteiger partial charge in [-0.3, -0.25) is 19.6 Å². The first kappa shape index (κ1) is 22.5. The summed E-state index contributed by atoms with van der Waals surface area (Å²) in [5.74, 6) is 1.12. The maximum absolute atomic E-state index is 13.3. The van der Waals surface area contributed by atoms with Crippen LogP contribution in [-0.4, -0.2) is 45.3 Å². The second kappa shape index (κ2) is 9.13. The number of amides is 1. The summed E-state index contributed by atoms with van der Waals surface area (Å²) in [6.45, 7) is 1.83. The highest BCUT2D eigenvalue weighted by Gasteiger charge is 2.46. The van der Waals surface area contributed by atoms with Gasteiger partial charge in [0.1, 0.15) is 11.6 Å². The number of carbonyl (C=O) groups is 1. The number of fused-ring (bicyclic) bond motifs is 2. The van der Waals surface area contributed by atoms with Crippen LogP contribution >= 0.6 is 0 Å². The lowest BCUT2D eigenvalue weighted by Gasteiger charge is -2.46. The Labute approximate surface area is 197 Å². The molecule has 5 rings (SSSR count). The maximum Gasteiger partial charge on any atom is 0.387 e. The quantitative estimate of drug-likeness (QED) is 0.546. The summed E-state index contributed by atoms with van der Waals surface area (Å²) in [7, 11) is 0. The zero-order valence-electron chi connectivity index (χ0n) is 19.0. The third-order valence-electron chi connectivity index (χ3n) is 6.73. The first-order chi connectivity index (χ1) is 16.4. The van der Waals surface area contributed by atoms with E-state index in [1.54, 1.807) is 24.5 Å². The van der Waals surface area contributed by atoms with E-state index in [2.05, 4.69) is 19.3 Å². The molecule has 4 heterocycles. The van der Waals surface area contributed by atoms with Gasteiger partial charge in [0.05, 0.1) is 24.2 Å². The maximum atomic E-state index is 13.3. The van der Waals surface area contributed by atoms with Gasteiger partial charge in [0, 0.05) is 38.1 Å². The smallest absolute Gasteiger partial charge is 0.387 e. The number of rotatable bonds is 6. The number of alkyl halides is 2. The Balaban J connectivity index is 1.31. The molecule has 2 aliphatic rings. The largest absolute Gasteiger partial charge is 0.435 e. The normalized spacial score (nSPS) is 17.9. The molecular formula is C25H27F2N5O2. The van der Waals surface area contributed by atoms with Gasteiger partial charge in [-0.2, -0.15) is 13.9 Å². The summed E-state index contributed by atoms with van der Waals surface area (Å²) in [4.78, 5) is 21.5. The zero-order valence-corrected chi connectivity index (χ0v) is 19.0. The lowest BCUT2D eigenvalue weighted by Crippen LogP contribution is -2.53. The van der Waals surface area contributed by atoms with Crippen molar-refractivity contribution < 1.29 is 18.3 Å². The van der Waals surface area contributed by atoms with Gasteiger partial charge in [0.15, 0.2) is 0 Å².